The van der Waals surface area contributed by atoms with E-state index in [4.69, 9.17) is 0 Å². The van der Waals surface area contributed by atoms with Gasteiger partial charge in [-0.2, -0.15) is 0 Å². The third-order valence-corrected chi connectivity index (χ3v) is 5.10. The number of rotatable bonds is 4. The zero-order valence-corrected chi connectivity index (χ0v) is 11.7. The Kier molecular flexibility index (Phi) is 4.14. The van der Waals surface area contributed by atoms with Gasteiger partial charge in [-0.1, -0.05) is 23.1 Å². The van der Waals surface area contributed by atoms with Crippen LogP contribution >= 0.6 is 34.4 Å². The molecule has 2 heterocycles. The van der Waals surface area contributed by atoms with Gasteiger partial charge in [0.15, 0.2) is 9.35 Å². The standard InChI is InChI=1S/C10H10N2O2S3/c1-6-3-4-7(16-6)9-11-12-10(17-9)15-5-8(13)14-2/h3-4H,5H2,1-2H3. The third-order valence-electron chi connectivity index (χ3n) is 1.90. The number of aryl methyl sites for hydroxylation is 1. The van der Waals surface area contributed by atoms with Crippen molar-refractivity contribution in [1.82, 2.24) is 10.2 Å². The summed E-state index contributed by atoms with van der Waals surface area (Å²) in [5.41, 5.74) is 0. The molecular formula is C10H10N2O2S3. The molecule has 0 amide bonds. The lowest BCUT2D eigenvalue weighted by Gasteiger charge is -1.94. The summed E-state index contributed by atoms with van der Waals surface area (Å²) in [7, 11) is 1.38. The number of carbonyl (C=O) groups is 1. The highest BCUT2D eigenvalue weighted by molar-refractivity contribution is 8.01. The molecule has 17 heavy (non-hydrogen) atoms. The Morgan fingerprint density at radius 2 is 2.24 bits per heavy atom. The second kappa shape index (κ2) is 5.61. The number of methoxy groups -OCH3 is 1. The van der Waals surface area contributed by atoms with Gasteiger partial charge in [0.05, 0.1) is 17.7 Å². The molecule has 0 unspecified atom stereocenters. The molecule has 0 saturated heterocycles. The van der Waals surface area contributed by atoms with Crippen molar-refractivity contribution in [2.75, 3.05) is 12.9 Å². The molecule has 0 bridgehead atoms. The van der Waals surface area contributed by atoms with E-state index in [-0.39, 0.29) is 11.7 Å². The molecule has 2 aromatic heterocycles. The second-order valence-electron chi connectivity index (χ2n) is 3.15. The average Bonchev–Trinajstić information content (AvgIpc) is 2.94. The van der Waals surface area contributed by atoms with Crippen LogP contribution in [0.4, 0.5) is 0 Å². The van der Waals surface area contributed by atoms with Crippen LogP contribution in [0.25, 0.3) is 9.88 Å². The normalized spacial score (nSPS) is 10.5. The van der Waals surface area contributed by atoms with Gasteiger partial charge in [0.2, 0.25) is 0 Å². The molecule has 90 valence electrons. The molecule has 0 aliphatic rings. The van der Waals surface area contributed by atoms with E-state index in [9.17, 15) is 4.79 Å². The number of hydrogen-bond donors (Lipinski definition) is 0. The molecule has 0 N–H and O–H groups in total. The van der Waals surface area contributed by atoms with Gasteiger partial charge in [-0.05, 0) is 19.1 Å². The van der Waals surface area contributed by atoms with Crippen LogP contribution < -0.4 is 0 Å². The fourth-order valence-electron chi connectivity index (χ4n) is 1.10. The highest BCUT2D eigenvalue weighted by Crippen LogP contribution is 2.33. The molecular weight excluding hydrogens is 276 g/mol. The lowest BCUT2D eigenvalue weighted by atomic mass is 10.4. The number of thiophene rings is 1. The van der Waals surface area contributed by atoms with Crippen LogP contribution in [0.2, 0.25) is 0 Å². The minimum absolute atomic E-state index is 0.251. The second-order valence-corrected chi connectivity index (χ2v) is 6.64. The largest absolute Gasteiger partial charge is 0.468 e. The monoisotopic (exact) mass is 286 g/mol. The van der Waals surface area contributed by atoms with Crippen molar-refractivity contribution in [2.24, 2.45) is 0 Å². The van der Waals surface area contributed by atoms with Crippen LogP contribution in [0.5, 0.6) is 0 Å². The smallest absolute Gasteiger partial charge is 0.316 e. The van der Waals surface area contributed by atoms with E-state index in [1.165, 1.54) is 35.1 Å². The van der Waals surface area contributed by atoms with Crippen LogP contribution in [-0.2, 0) is 9.53 Å². The summed E-state index contributed by atoms with van der Waals surface area (Å²) in [4.78, 5) is 13.3. The summed E-state index contributed by atoms with van der Waals surface area (Å²) in [5.74, 6) is 0.0212. The first-order chi connectivity index (χ1) is 8.19. The summed E-state index contributed by atoms with van der Waals surface area (Å²) in [5, 5.41) is 9.05. The van der Waals surface area contributed by atoms with Crippen LogP contribution in [0.15, 0.2) is 16.5 Å². The van der Waals surface area contributed by atoms with Gasteiger partial charge in [-0.15, -0.1) is 21.5 Å². The topological polar surface area (TPSA) is 52.1 Å². The third kappa shape index (κ3) is 3.27. The number of hydrogen-bond acceptors (Lipinski definition) is 7. The molecule has 0 atom stereocenters. The van der Waals surface area contributed by atoms with Gasteiger partial charge < -0.3 is 4.74 Å². The summed E-state index contributed by atoms with van der Waals surface area (Å²) in [6, 6.07) is 4.10. The Labute approximate surface area is 111 Å². The van der Waals surface area contributed by atoms with E-state index < -0.39 is 0 Å². The van der Waals surface area contributed by atoms with E-state index >= 15 is 0 Å². The molecule has 0 radical (unpaired) electrons. The van der Waals surface area contributed by atoms with Crippen LogP contribution in [0.1, 0.15) is 4.88 Å². The van der Waals surface area contributed by atoms with E-state index in [0.29, 0.717) is 0 Å². The highest BCUT2D eigenvalue weighted by Gasteiger charge is 2.10. The fraction of sp³-hybridized carbons (Fsp3) is 0.300. The molecule has 0 fully saturated rings. The average molecular weight is 286 g/mol. The Balaban J connectivity index is 2.03. The quantitative estimate of drug-likeness (QED) is 0.639. The molecule has 2 aromatic rings. The maximum Gasteiger partial charge on any atom is 0.316 e. The maximum atomic E-state index is 11.0. The van der Waals surface area contributed by atoms with Gasteiger partial charge in [0.25, 0.3) is 0 Å². The zero-order valence-electron chi connectivity index (χ0n) is 9.30. The predicted octanol–water partition coefficient (Wildman–Crippen LogP) is 2.84. The van der Waals surface area contributed by atoms with Crippen LogP contribution in [-0.4, -0.2) is 29.0 Å². The first-order valence-electron chi connectivity index (χ1n) is 4.79. The van der Waals surface area contributed by atoms with E-state index in [1.54, 1.807) is 11.3 Å². The molecule has 7 heteroatoms. The Morgan fingerprint density at radius 3 is 2.88 bits per heavy atom. The molecule has 0 aliphatic carbocycles. The predicted molar refractivity (Wildman–Crippen MR) is 70.7 cm³/mol. The van der Waals surface area contributed by atoms with E-state index in [1.807, 2.05) is 6.07 Å². The fourth-order valence-corrected chi connectivity index (χ4v) is 3.70. The van der Waals surface area contributed by atoms with Gasteiger partial charge in [0.1, 0.15) is 0 Å². The van der Waals surface area contributed by atoms with Gasteiger partial charge >= 0.3 is 5.97 Å². The van der Waals surface area contributed by atoms with Crippen molar-refractivity contribution in [2.45, 2.75) is 11.3 Å². The Bertz CT molecular complexity index is 521. The summed E-state index contributed by atoms with van der Waals surface area (Å²) >= 11 is 4.54. The Morgan fingerprint density at radius 1 is 1.41 bits per heavy atom. The summed E-state index contributed by atoms with van der Waals surface area (Å²) in [6.45, 7) is 2.06. The van der Waals surface area contributed by atoms with Crippen molar-refractivity contribution in [3.8, 4) is 9.88 Å². The first kappa shape index (κ1) is 12.5. The number of carbonyl (C=O) groups excluding carboxylic acids is 1. The zero-order chi connectivity index (χ0) is 12.3. The van der Waals surface area contributed by atoms with Gasteiger partial charge in [-0.25, -0.2) is 0 Å². The molecule has 0 aromatic carbocycles. The SMILES string of the molecule is COC(=O)CSc1nnc(-c2ccc(C)s2)s1. The molecule has 2 rings (SSSR count). The van der Waals surface area contributed by atoms with Crippen molar-refractivity contribution >= 4 is 40.4 Å². The van der Waals surface area contributed by atoms with Crippen molar-refractivity contribution in [3.63, 3.8) is 0 Å². The molecule has 0 spiro atoms. The lowest BCUT2D eigenvalue weighted by Crippen LogP contribution is -2.02. The van der Waals surface area contributed by atoms with Crippen LogP contribution in [0, 0.1) is 6.92 Å². The highest BCUT2D eigenvalue weighted by atomic mass is 32.2. The summed E-state index contributed by atoms with van der Waals surface area (Å²) < 4.78 is 5.35. The maximum absolute atomic E-state index is 11.0. The molecule has 4 nitrogen and oxygen atoms in total. The van der Waals surface area contributed by atoms with Crippen molar-refractivity contribution in [1.29, 1.82) is 0 Å². The van der Waals surface area contributed by atoms with Crippen LogP contribution in [0.3, 0.4) is 0 Å². The van der Waals surface area contributed by atoms with Crippen molar-refractivity contribution in [3.05, 3.63) is 17.0 Å². The molecule has 0 saturated carbocycles. The minimum atomic E-state index is -0.251. The number of esters is 1. The number of thioether (sulfide) groups is 1. The van der Waals surface area contributed by atoms with Gasteiger partial charge in [0, 0.05) is 4.88 Å². The first-order valence-corrected chi connectivity index (χ1v) is 7.41. The minimum Gasteiger partial charge on any atom is -0.468 e. The van der Waals surface area contributed by atoms with Gasteiger partial charge in [-0.3, -0.25) is 4.79 Å². The molecule has 0 aliphatic heterocycles. The Hall–Kier alpha value is -0.920. The number of nitrogens with zero attached hydrogens (tertiary/aromatic N) is 2. The lowest BCUT2D eigenvalue weighted by molar-refractivity contribution is -0.137. The number of aromatic nitrogens is 2. The van der Waals surface area contributed by atoms with E-state index in [0.717, 1.165) is 14.2 Å². The van der Waals surface area contributed by atoms with Crippen molar-refractivity contribution < 1.29 is 9.53 Å². The number of ether oxygens (including phenoxy) is 1. The van der Waals surface area contributed by atoms with E-state index in [2.05, 4.69) is 27.9 Å². The summed E-state index contributed by atoms with van der Waals surface area (Å²) in [6.07, 6.45) is 0.